The first-order valence-corrected chi connectivity index (χ1v) is 8.96. The highest BCUT2D eigenvalue weighted by Gasteiger charge is 2.40. The molecule has 1 fully saturated rings. The monoisotopic (exact) mass is 339 g/mol. The second-order valence-electron chi connectivity index (χ2n) is 7.77. The molecular weight excluding hydrogens is 306 g/mol. The van der Waals surface area contributed by atoms with Crippen molar-refractivity contribution in [1.82, 2.24) is 15.5 Å². The van der Waals surface area contributed by atoms with Crippen molar-refractivity contribution in [2.24, 2.45) is 10.8 Å². The van der Waals surface area contributed by atoms with Crippen LogP contribution in [0.3, 0.4) is 0 Å². The van der Waals surface area contributed by atoms with Gasteiger partial charge in [-0.3, -0.25) is 14.4 Å². The van der Waals surface area contributed by atoms with Crippen LogP contribution in [0.1, 0.15) is 60.3 Å². The first-order chi connectivity index (χ1) is 11.1. The summed E-state index contributed by atoms with van der Waals surface area (Å²) in [6.45, 7) is 12.0. The van der Waals surface area contributed by atoms with Crippen molar-refractivity contribution in [3.63, 3.8) is 0 Å². The molecule has 1 heterocycles. The number of hydrogen-bond acceptors (Lipinski definition) is 3. The molecule has 6 nitrogen and oxygen atoms in total. The maximum Gasteiger partial charge on any atom is 0.229 e. The molecule has 1 saturated heterocycles. The first kappa shape index (κ1) is 20.5. The third kappa shape index (κ3) is 5.80. The highest BCUT2D eigenvalue weighted by molar-refractivity contribution is 5.89. The molecule has 24 heavy (non-hydrogen) atoms. The molecule has 1 rings (SSSR count). The second-order valence-corrected chi connectivity index (χ2v) is 7.77. The number of likely N-dealkylation sites (N-methyl/N-ethyl adjacent to an activating group) is 1. The molecule has 1 aliphatic heterocycles. The van der Waals surface area contributed by atoms with Crippen molar-refractivity contribution >= 4 is 17.7 Å². The van der Waals surface area contributed by atoms with Crippen LogP contribution >= 0.6 is 0 Å². The minimum atomic E-state index is -0.632. The average Bonchev–Trinajstić information content (AvgIpc) is 2.50. The van der Waals surface area contributed by atoms with Crippen LogP contribution in [0.15, 0.2) is 0 Å². The van der Waals surface area contributed by atoms with Gasteiger partial charge in [-0.25, -0.2) is 0 Å². The van der Waals surface area contributed by atoms with Crippen LogP contribution in [-0.2, 0) is 14.4 Å². The molecule has 0 bridgehead atoms. The minimum absolute atomic E-state index is 0.00277. The van der Waals surface area contributed by atoms with E-state index < -0.39 is 5.41 Å². The molecule has 3 amide bonds. The normalized spacial score (nSPS) is 21.1. The van der Waals surface area contributed by atoms with Gasteiger partial charge < -0.3 is 15.5 Å². The highest BCUT2D eigenvalue weighted by atomic mass is 16.2. The molecule has 6 heteroatoms. The summed E-state index contributed by atoms with van der Waals surface area (Å²) in [5.74, 6) is -0.0418. The number of nitrogens with zero attached hydrogens (tertiary/aromatic N) is 1. The van der Waals surface area contributed by atoms with E-state index in [1.807, 2.05) is 13.8 Å². The summed E-state index contributed by atoms with van der Waals surface area (Å²) >= 11 is 0. The Hall–Kier alpha value is -1.59. The molecule has 1 unspecified atom stereocenters. The van der Waals surface area contributed by atoms with Crippen LogP contribution in [0.25, 0.3) is 0 Å². The Morgan fingerprint density at radius 3 is 2.54 bits per heavy atom. The van der Waals surface area contributed by atoms with Gasteiger partial charge >= 0.3 is 0 Å². The number of piperidine rings is 1. The summed E-state index contributed by atoms with van der Waals surface area (Å²) in [5.41, 5.74) is -0.639. The van der Waals surface area contributed by atoms with E-state index in [4.69, 9.17) is 0 Å². The standard InChI is InChI=1S/C18H33N3O3/c1-6-17(3,4)12-14(22)20-10-11-21(7-2)16(24)18(5)8-9-19-15(23)13-18/h6-13H2,1-5H3,(H,19,23)(H,20,22). The van der Waals surface area contributed by atoms with Crippen molar-refractivity contribution in [3.05, 3.63) is 0 Å². The van der Waals surface area contributed by atoms with Crippen molar-refractivity contribution in [2.45, 2.75) is 60.3 Å². The fourth-order valence-corrected chi connectivity index (χ4v) is 2.90. The van der Waals surface area contributed by atoms with Crippen LogP contribution in [0.2, 0.25) is 0 Å². The zero-order valence-corrected chi connectivity index (χ0v) is 15.8. The van der Waals surface area contributed by atoms with Gasteiger partial charge in [0.15, 0.2) is 0 Å². The topological polar surface area (TPSA) is 78.5 Å². The lowest BCUT2D eigenvalue weighted by atomic mass is 9.79. The molecule has 0 saturated carbocycles. The van der Waals surface area contributed by atoms with E-state index in [1.165, 1.54) is 0 Å². The predicted octanol–water partition coefficient (Wildman–Crippen LogP) is 1.69. The smallest absolute Gasteiger partial charge is 0.229 e. The number of hydrogen-bond donors (Lipinski definition) is 2. The fraction of sp³-hybridized carbons (Fsp3) is 0.833. The molecule has 2 N–H and O–H groups in total. The minimum Gasteiger partial charge on any atom is -0.356 e. The SMILES string of the molecule is CCN(CCNC(=O)CC(C)(C)CC)C(=O)C1(C)CCNC(=O)C1. The van der Waals surface area contributed by atoms with Crippen LogP contribution < -0.4 is 10.6 Å². The Balaban J connectivity index is 2.51. The van der Waals surface area contributed by atoms with Gasteiger partial charge in [0.2, 0.25) is 17.7 Å². The quantitative estimate of drug-likeness (QED) is 0.706. The number of rotatable bonds is 8. The molecule has 0 aromatic heterocycles. The van der Waals surface area contributed by atoms with Gasteiger partial charge in [0, 0.05) is 39.0 Å². The van der Waals surface area contributed by atoms with Crippen molar-refractivity contribution < 1.29 is 14.4 Å². The largest absolute Gasteiger partial charge is 0.356 e. The zero-order chi connectivity index (χ0) is 18.4. The molecule has 1 aliphatic rings. The summed E-state index contributed by atoms with van der Waals surface area (Å²) in [4.78, 5) is 38.1. The van der Waals surface area contributed by atoms with E-state index in [1.54, 1.807) is 4.90 Å². The third-order valence-electron chi connectivity index (χ3n) is 5.04. The Bertz CT molecular complexity index is 476. The van der Waals surface area contributed by atoms with Gasteiger partial charge in [0.1, 0.15) is 0 Å². The van der Waals surface area contributed by atoms with E-state index in [-0.39, 0.29) is 29.6 Å². The van der Waals surface area contributed by atoms with Crippen molar-refractivity contribution in [1.29, 1.82) is 0 Å². The lowest BCUT2D eigenvalue weighted by Crippen LogP contribution is -2.51. The Morgan fingerprint density at radius 2 is 2.00 bits per heavy atom. The van der Waals surface area contributed by atoms with E-state index in [0.29, 0.717) is 39.0 Å². The molecule has 1 atom stereocenters. The summed E-state index contributed by atoms with van der Waals surface area (Å²) in [7, 11) is 0. The third-order valence-corrected chi connectivity index (χ3v) is 5.04. The average molecular weight is 339 g/mol. The molecule has 0 aromatic carbocycles. The van der Waals surface area contributed by atoms with Crippen LogP contribution in [-0.4, -0.2) is 48.8 Å². The number of amides is 3. The first-order valence-electron chi connectivity index (χ1n) is 8.96. The van der Waals surface area contributed by atoms with Crippen LogP contribution in [0.4, 0.5) is 0 Å². The van der Waals surface area contributed by atoms with E-state index in [0.717, 1.165) is 6.42 Å². The Labute approximate surface area is 145 Å². The maximum absolute atomic E-state index is 12.8. The summed E-state index contributed by atoms with van der Waals surface area (Å²) < 4.78 is 0. The van der Waals surface area contributed by atoms with Crippen LogP contribution in [0.5, 0.6) is 0 Å². The van der Waals surface area contributed by atoms with Gasteiger partial charge in [0.05, 0.1) is 5.41 Å². The molecule has 0 aliphatic carbocycles. The molecular formula is C18H33N3O3. The maximum atomic E-state index is 12.8. The lowest BCUT2D eigenvalue weighted by molar-refractivity contribution is -0.146. The van der Waals surface area contributed by atoms with Gasteiger partial charge in [-0.15, -0.1) is 0 Å². The molecule has 0 aromatic rings. The number of carbonyl (C=O) groups is 3. The molecule has 138 valence electrons. The molecule has 0 spiro atoms. The van der Waals surface area contributed by atoms with E-state index in [9.17, 15) is 14.4 Å². The predicted molar refractivity (Wildman–Crippen MR) is 94.3 cm³/mol. The second kappa shape index (κ2) is 8.49. The van der Waals surface area contributed by atoms with Gasteiger partial charge in [-0.1, -0.05) is 34.1 Å². The lowest BCUT2D eigenvalue weighted by Gasteiger charge is -2.36. The zero-order valence-electron chi connectivity index (χ0n) is 15.8. The van der Waals surface area contributed by atoms with Gasteiger partial charge in [-0.2, -0.15) is 0 Å². The number of nitrogens with one attached hydrogen (secondary N) is 2. The summed E-state index contributed by atoms with van der Waals surface area (Å²) in [6.07, 6.45) is 2.33. The van der Waals surface area contributed by atoms with E-state index >= 15 is 0 Å². The molecule has 0 radical (unpaired) electrons. The number of carbonyl (C=O) groups excluding carboxylic acids is 3. The van der Waals surface area contributed by atoms with E-state index in [2.05, 4.69) is 31.4 Å². The van der Waals surface area contributed by atoms with Crippen molar-refractivity contribution in [2.75, 3.05) is 26.2 Å². The van der Waals surface area contributed by atoms with Gasteiger partial charge in [-0.05, 0) is 18.8 Å². The summed E-state index contributed by atoms with van der Waals surface area (Å²) in [6, 6.07) is 0. The van der Waals surface area contributed by atoms with Crippen LogP contribution in [0, 0.1) is 10.8 Å². The highest BCUT2D eigenvalue weighted by Crippen LogP contribution is 2.30. The fourth-order valence-electron chi connectivity index (χ4n) is 2.90. The Kier molecular flexibility index (Phi) is 7.24. The van der Waals surface area contributed by atoms with Gasteiger partial charge in [0.25, 0.3) is 0 Å². The van der Waals surface area contributed by atoms with Crippen molar-refractivity contribution in [3.8, 4) is 0 Å². The summed E-state index contributed by atoms with van der Waals surface area (Å²) in [5, 5.41) is 5.67. The Morgan fingerprint density at radius 1 is 1.33 bits per heavy atom.